The minimum atomic E-state index is -4.17. The van der Waals surface area contributed by atoms with Gasteiger partial charge in [-0.2, -0.15) is 5.26 Å². The van der Waals surface area contributed by atoms with Crippen LogP contribution in [0, 0.1) is 23.0 Å². The molecule has 0 saturated carbocycles. The van der Waals surface area contributed by atoms with E-state index in [1.807, 2.05) is 0 Å². The Labute approximate surface area is 120 Å². The molecule has 0 N–H and O–H groups in total. The van der Waals surface area contributed by atoms with E-state index >= 15 is 0 Å². The molecule has 0 saturated heterocycles. The van der Waals surface area contributed by atoms with E-state index in [9.17, 15) is 17.2 Å². The molecule has 0 unspecified atom stereocenters. The molecule has 0 aliphatic rings. The van der Waals surface area contributed by atoms with E-state index in [2.05, 4.69) is 0 Å². The van der Waals surface area contributed by atoms with E-state index in [0.29, 0.717) is 0 Å². The fraction of sp³-hybridized carbons (Fsp3) is 0.0714. The molecule has 108 valence electrons. The van der Waals surface area contributed by atoms with E-state index in [4.69, 9.17) is 5.26 Å². The van der Waals surface area contributed by atoms with Crippen LogP contribution in [0.25, 0.3) is 0 Å². The molecule has 7 heteroatoms. The lowest BCUT2D eigenvalue weighted by Gasteiger charge is -2.20. The highest BCUT2D eigenvalue weighted by molar-refractivity contribution is 7.92. The van der Waals surface area contributed by atoms with Crippen molar-refractivity contribution in [1.82, 2.24) is 0 Å². The van der Waals surface area contributed by atoms with Crippen LogP contribution in [0.2, 0.25) is 0 Å². The molecule has 0 aliphatic carbocycles. The van der Waals surface area contributed by atoms with Crippen LogP contribution >= 0.6 is 0 Å². The van der Waals surface area contributed by atoms with Gasteiger partial charge in [0.2, 0.25) is 0 Å². The van der Waals surface area contributed by atoms with Crippen LogP contribution < -0.4 is 4.31 Å². The second-order valence-electron chi connectivity index (χ2n) is 4.18. The second kappa shape index (κ2) is 5.50. The molecule has 0 fully saturated rings. The Balaban J connectivity index is 2.58. The van der Waals surface area contributed by atoms with Gasteiger partial charge >= 0.3 is 0 Å². The van der Waals surface area contributed by atoms with E-state index in [0.717, 1.165) is 22.5 Å². The largest absolute Gasteiger partial charge is 0.269 e. The number of rotatable bonds is 3. The van der Waals surface area contributed by atoms with Gasteiger partial charge in [0.05, 0.1) is 5.69 Å². The zero-order valence-electron chi connectivity index (χ0n) is 10.9. The van der Waals surface area contributed by atoms with Gasteiger partial charge in [-0.3, -0.25) is 4.31 Å². The van der Waals surface area contributed by atoms with Crippen LogP contribution in [-0.2, 0) is 10.0 Å². The van der Waals surface area contributed by atoms with Crippen LogP contribution in [0.3, 0.4) is 0 Å². The molecule has 0 spiro atoms. The van der Waals surface area contributed by atoms with E-state index in [-0.39, 0.29) is 5.69 Å². The van der Waals surface area contributed by atoms with E-state index in [1.165, 1.54) is 37.4 Å². The van der Waals surface area contributed by atoms with Gasteiger partial charge in [0.25, 0.3) is 10.0 Å². The van der Waals surface area contributed by atoms with Crippen LogP contribution in [0.5, 0.6) is 0 Å². The summed E-state index contributed by atoms with van der Waals surface area (Å²) in [4.78, 5) is -0.461. The number of halogens is 2. The summed E-state index contributed by atoms with van der Waals surface area (Å²) in [6, 6.07) is 9.81. The lowest BCUT2D eigenvalue weighted by atomic mass is 10.2. The summed E-state index contributed by atoms with van der Waals surface area (Å²) in [5.41, 5.74) is -0.496. The number of nitriles is 1. The van der Waals surface area contributed by atoms with Crippen molar-refractivity contribution in [1.29, 1.82) is 5.26 Å². The third-order valence-corrected chi connectivity index (χ3v) is 4.73. The van der Waals surface area contributed by atoms with E-state index in [1.54, 1.807) is 0 Å². The number of sulfonamides is 1. The molecular formula is C14H10F2N2O2S. The fourth-order valence-electron chi connectivity index (χ4n) is 1.79. The second-order valence-corrected chi connectivity index (χ2v) is 6.11. The van der Waals surface area contributed by atoms with E-state index < -0.39 is 32.1 Å². The number of nitrogens with zero attached hydrogens (tertiary/aromatic N) is 2. The molecular weight excluding hydrogens is 298 g/mol. The van der Waals surface area contributed by atoms with Crippen LogP contribution in [0.15, 0.2) is 47.4 Å². The maximum Gasteiger partial charge on any atom is 0.265 e. The van der Waals surface area contributed by atoms with Crippen molar-refractivity contribution in [3.8, 4) is 6.07 Å². The topological polar surface area (TPSA) is 61.2 Å². The molecule has 2 aromatic carbocycles. The van der Waals surface area contributed by atoms with Gasteiger partial charge in [-0.05, 0) is 30.3 Å². The summed E-state index contributed by atoms with van der Waals surface area (Å²) >= 11 is 0. The van der Waals surface area contributed by atoms with Crippen LogP contribution in [-0.4, -0.2) is 15.5 Å². The van der Waals surface area contributed by atoms with Gasteiger partial charge in [-0.1, -0.05) is 12.1 Å². The molecule has 21 heavy (non-hydrogen) atoms. The quantitative estimate of drug-likeness (QED) is 0.876. The zero-order chi connectivity index (χ0) is 15.6. The smallest absolute Gasteiger partial charge is 0.265 e. The molecule has 4 nitrogen and oxygen atoms in total. The Kier molecular flexibility index (Phi) is 3.91. The van der Waals surface area contributed by atoms with Crippen molar-refractivity contribution in [2.45, 2.75) is 4.90 Å². The van der Waals surface area contributed by atoms with Crippen molar-refractivity contribution < 1.29 is 17.2 Å². The van der Waals surface area contributed by atoms with Gasteiger partial charge in [0.15, 0.2) is 0 Å². The average molecular weight is 308 g/mol. The molecule has 0 heterocycles. The maximum atomic E-state index is 13.5. The lowest BCUT2D eigenvalue weighted by Crippen LogP contribution is -2.27. The molecule has 0 aromatic heterocycles. The standard InChI is InChI=1S/C14H10F2N2O2S/c1-18(11-5-2-4-10(15)8-11)21(19,20)14-7-3-6-13(16)12(14)9-17/h2-8H,1H3. The van der Waals surface area contributed by atoms with Gasteiger partial charge < -0.3 is 0 Å². The number of hydrogen-bond donors (Lipinski definition) is 0. The monoisotopic (exact) mass is 308 g/mol. The van der Waals surface area contributed by atoms with Gasteiger partial charge in [0.1, 0.15) is 28.2 Å². The first-order chi connectivity index (χ1) is 9.87. The Hall–Kier alpha value is -2.46. The van der Waals surface area contributed by atoms with Crippen LogP contribution in [0.4, 0.5) is 14.5 Å². The molecule has 0 amide bonds. The van der Waals surface area contributed by atoms with Gasteiger partial charge in [-0.25, -0.2) is 17.2 Å². The Morgan fingerprint density at radius 1 is 1.14 bits per heavy atom. The zero-order valence-corrected chi connectivity index (χ0v) is 11.7. The minimum Gasteiger partial charge on any atom is -0.269 e. The summed E-state index contributed by atoms with van der Waals surface area (Å²) in [6.07, 6.45) is 0. The fourth-order valence-corrected chi connectivity index (χ4v) is 3.12. The molecule has 0 bridgehead atoms. The van der Waals surface area contributed by atoms with Crippen molar-refractivity contribution in [3.05, 3.63) is 59.7 Å². The Morgan fingerprint density at radius 3 is 2.43 bits per heavy atom. The average Bonchev–Trinajstić information content (AvgIpc) is 2.46. The first kappa shape index (κ1) is 14.9. The highest BCUT2D eigenvalue weighted by atomic mass is 32.2. The molecule has 2 aromatic rings. The molecule has 0 radical (unpaired) electrons. The first-order valence-electron chi connectivity index (χ1n) is 5.81. The van der Waals surface area contributed by atoms with Gasteiger partial charge in [-0.15, -0.1) is 0 Å². The van der Waals surface area contributed by atoms with Crippen LogP contribution in [0.1, 0.15) is 5.56 Å². The number of hydrogen-bond acceptors (Lipinski definition) is 3. The third kappa shape index (κ3) is 2.71. The van der Waals surface area contributed by atoms with Crippen molar-refractivity contribution in [3.63, 3.8) is 0 Å². The number of anilines is 1. The maximum absolute atomic E-state index is 13.5. The predicted octanol–water partition coefficient (Wildman–Crippen LogP) is 2.66. The normalized spacial score (nSPS) is 11.0. The Bertz CT molecular complexity index is 829. The van der Waals surface area contributed by atoms with Gasteiger partial charge in [0, 0.05) is 7.05 Å². The Morgan fingerprint density at radius 2 is 1.81 bits per heavy atom. The summed E-state index contributed by atoms with van der Waals surface area (Å²) in [7, 11) is -2.97. The molecule has 0 atom stereocenters. The van der Waals surface area contributed by atoms with Crippen molar-refractivity contribution in [2.75, 3.05) is 11.4 Å². The van der Waals surface area contributed by atoms with Crippen molar-refractivity contribution >= 4 is 15.7 Å². The lowest BCUT2D eigenvalue weighted by molar-refractivity contribution is 0.587. The molecule has 2 rings (SSSR count). The number of benzene rings is 2. The summed E-state index contributed by atoms with van der Waals surface area (Å²) in [5, 5.41) is 8.93. The highest BCUT2D eigenvalue weighted by Gasteiger charge is 2.26. The molecule has 0 aliphatic heterocycles. The summed E-state index contributed by atoms with van der Waals surface area (Å²) in [6.45, 7) is 0. The minimum absolute atomic E-state index is 0.0724. The SMILES string of the molecule is CN(c1cccc(F)c1)S(=O)(=O)c1cccc(F)c1C#N. The van der Waals surface area contributed by atoms with Crippen molar-refractivity contribution in [2.24, 2.45) is 0 Å². The third-order valence-electron chi connectivity index (χ3n) is 2.90. The summed E-state index contributed by atoms with van der Waals surface area (Å²) in [5.74, 6) is -1.53. The first-order valence-corrected chi connectivity index (χ1v) is 7.25. The summed E-state index contributed by atoms with van der Waals surface area (Å²) < 4.78 is 52.5. The highest BCUT2D eigenvalue weighted by Crippen LogP contribution is 2.25. The predicted molar refractivity (Wildman–Crippen MR) is 73.1 cm³/mol.